The van der Waals surface area contributed by atoms with Crippen molar-refractivity contribution in [2.24, 2.45) is 0 Å². The van der Waals surface area contributed by atoms with Gasteiger partial charge in [0.25, 0.3) is 0 Å². The molecule has 1 aliphatic heterocycles. The Morgan fingerprint density at radius 1 is 1.22 bits per heavy atom. The number of likely N-dealkylation sites (tertiary alicyclic amines) is 1. The van der Waals surface area contributed by atoms with Gasteiger partial charge in [0, 0.05) is 18.1 Å². The molecule has 1 saturated heterocycles. The standard InChI is InChI=1S/C22H24N4O/c1-16-5-2-6-17(13-16)18-7-3-8-19(14-18)25-22(27)20-9-4-12-26(20)15-21-23-10-11-24-21/h2-3,5-8,10-11,13-14,20H,4,9,12,15H2,1H3,(H,23,24)(H,25,27). The molecule has 1 amide bonds. The van der Waals surface area contributed by atoms with Gasteiger partial charge >= 0.3 is 0 Å². The molecular weight excluding hydrogens is 336 g/mol. The summed E-state index contributed by atoms with van der Waals surface area (Å²) in [6.07, 6.45) is 5.47. The van der Waals surface area contributed by atoms with Crippen LogP contribution in [0, 0.1) is 6.92 Å². The van der Waals surface area contributed by atoms with Crippen molar-refractivity contribution >= 4 is 11.6 Å². The lowest BCUT2D eigenvalue weighted by Crippen LogP contribution is -2.39. The highest BCUT2D eigenvalue weighted by Gasteiger charge is 2.31. The minimum atomic E-state index is -0.113. The molecule has 0 radical (unpaired) electrons. The molecular formula is C22H24N4O. The Kier molecular flexibility index (Phi) is 5.03. The molecule has 1 aliphatic rings. The van der Waals surface area contributed by atoms with E-state index in [-0.39, 0.29) is 11.9 Å². The average Bonchev–Trinajstić information content (AvgIpc) is 3.34. The predicted molar refractivity (Wildman–Crippen MR) is 107 cm³/mol. The fourth-order valence-electron chi connectivity index (χ4n) is 3.72. The highest BCUT2D eigenvalue weighted by atomic mass is 16.2. The molecule has 1 atom stereocenters. The third kappa shape index (κ3) is 4.09. The van der Waals surface area contributed by atoms with Crippen LogP contribution < -0.4 is 5.32 Å². The van der Waals surface area contributed by atoms with Gasteiger partial charge in [-0.3, -0.25) is 9.69 Å². The van der Waals surface area contributed by atoms with E-state index < -0.39 is 0 Å². The van der Waals surface area contributed by atoms with Crippen molar-refractivity contribution < 1.29 is 4.79 Å². The van der Waals surface area contributed by atoms with Crippen LogP contribution in [-0.2, 0) is 11.3 Å². The first-order chi connectivity index (χ1) is 13.2. The van der Waals surface area contributed by atoms with Crippen LogP contribution in [0.5, 0.6) is 0 Å². The predicted octanol–water partition coefficient (Wildman–Crippen LogP) is 3.99. The number of carbonyl (C=O) groups excluding carboxylic acids is 1. The lowest BCUT2D eigenvalue weighted by Gasteiger charge is -2.22. The van der Waals surface area contributed by atoms with Crippen LogP contribution in [0.2, 0.25) is 0 Å². The maximum atomic E-state index is 12.9. The van der Waals surface area contributed by atoms with Crippen LogP contribution in [0.1, 0.15) is 24.2 Å². The lowest BCUT2D eigenvalue weighted by atomic mass is 10.0. The number of anilines is 1. The summed E-state index contributed by atoms with van der Waals surface area (Å²) in [5, 5.41) is 3.11. The van der Waals surface area contributed by atoms with E-state index in [9.17, 15) is 4.79 Å². The van der Waals surface area contributed by atoms with E-state index in [1.165, 1.54) is 5.56 Å². The van der Waals surface area contributed by atoms with Gasteiger partial charge in [-0.25, -0.2) is 4.98 Å². The van der Waals surface area contributed by atoms with Crippen LogP contribution in [0.4, 0.5) is 5.69 Å². The number of hydrogen-bond donors (Lipinski definition) is 2. The smallest absolute Gasteiger partial charge is 0.241 e. The van der Waals surface area contributed by atoms with E-state index in [2.05, 4.69) is 57.4 Å². The van der Waals surface area contributed by atoms with Gasteiger partial charge in [0.1, 0.15) is 5.82 Å². The summed E-state index contributed by atoms with van der Waals surface area (Å²) >= 11 is 0. The second-order valence-electron chi connectivity index (χ2n) is 7.10. The van der Waals surface area contributed by atoms with Gasteiger partial charge in [-0.15, -0.1) is 0 Å². The Labute approximate surface area is 159 Å². The molecule has 1 unspecified atom stereocenters. The molecule has 0 saturated carbocycles. The van der Waals surface area contributed by atoms with Gasteiger partial charge in [0.15, 0.2) is 0 Å². The summed E-state index contributed by atoms with van der Waals surface area (Å²) in [4.78, 5) is 22.5. The summed E-state index contributed by atoms with van der Waals surface area (Å²) in [5.41, 5.74) is 4.33. The van der Waals surface area contributed by atoms with E-state index in [4.69, 9.17) is 0 Å². The third-order valence-electron chi connectivity index (χ3n) is 5.06. The number of H-pyrrole nitrogens is 1. The van der Waals surface area contributed by atoms with Crippen molar-refractivity contribution in [3.63, 3.8) is 0 Å². The fourth-order valence-corrected chi connectivity index (χ4v) is 3.72. The summed E-state index contributed by atoms with van der Waals surface area (Å²) in [7, 11) is 0. The zero-order chi connectivity index (χ0) is 18.6. The quantitative estimate of drug-likeness (QED) is 0.723. The van der Waals surface area contributed by atoms with Gasteiger partial charge < -0.3 is 10.3 Å². The first-order valence-electron chi connectivity index (χ1n) is 9.39. The van der Waals surface area contributed by atoms with Gasteiger partial charge in [0.05, 0.1) is 12.6 Å². The Balaban J connectivity index is 1.47. The number of carbonyl (C=O) groups is 1. The maximum absolute atomic E-state index is 12.9. The average molecular weight is 360 g/mol. The van der Waals surface area contributed by atoms with Gasteiger partial charge in [-0.05, 0) is 49.6 Å². The SMILES string of the molecule is Cc1cccc(-c2cccc(NC(=O)C3CCCN3Cc3ncc[nH]3)c2)c1. The van der Waals surface area contributed by atoms with Crippen molar-refractivity contribution in [3.05, 3.63) is 72.3 Å². The number of aromatic amines is 1. The number of nitrogens with zero attached hydrogens (tertiary/aromatic N) is 2. The molecule has 2 N–H and O–H groups in total. The second kappa shape index (κ2) is 7.76. The van der Waals surface area contributed by atoms with E-state index in [0.717, 1.165) is 42.0 Å². The summed E-state index contributed by atoms with van der Waals surface area (Å²) < 4.78 is 0. The number of amides is 1. The zero-order valence-electron chi connectivity index (χ0n) is 15.5. The maximum Gasteiger partial charge on any atom is 0.241 e. The van der Waals surface area contributed by atoms with E-state index in [1.807, 2.05) is 24.4 Å². The monoisotopic (exact) mass is 360 g/mol. The molecule has 1 fully saturated rings. The van der Waals surface area contributed by atoms with E-state index >= 15 is 0 Å². The molecule has 3 aromatic rings. The molecule has 1 aromatic heterocycles. The Hall–Kier alpha value is -2.92. The summed E-state index contributed by atoms with van der Waals surface area (Å²) in [5.74, 6) is 0.955. The molecule has 2 aromatic carbocycles. The molecule has 4 rings (SSSR count). The minimum absolute atomic E-state index is 0.0560. The zero-order valence-corrected chi connectivity index (χ0v) is 15.5. The number of nitrogens with one attached hydrogen (secondary N) is 2. The number of hydrogen-bond acceptors (Lipinski definition) is 3. The fraction of sp³-hybridized carbons (Fsp3) is 0.273. The minimum Gasteiger partial charge on any atom is -0.348 e. The van der Waals surface area contributed by atoms with E-state index in [0.29, 0.717) is 6.54 Å². The first-order valence-corrected chi connectivity index (χ1v) is 9.39. The highest BCUT2D eigenvalue weighted by Crippen LogP contribution is 2.25. The Morgan fingerprint density at radius 2 is 2.04 bits per heavy atom. The van der Waals surface area contributed by atoms with Gasteiger partial charge in [-0.1, -0.05) is 42.0 Å². The van der Waals surface area contributed by atoms with E-state index in [1.54, 1.807) is 6.20 Å². The molecule has 27 heavy (non-hydrogen) atoms. The largest absolute Gasteiger partial charge is 0.348 e. The molecule has 138 valence electrons. The molecule has 0 spiro atoms. The van der Waals surface area contributed by atoms with Crippen LogP contribution in [0.25, 0.3) is 11.1 Å². The molecule has 5 nitrogen and oxygen atoms in total. The van der Waals surface area contributed by atoms with Crippen molar-refractivity contribution in [2.75, 3.05) is 11.9 Å². The van der Waals surface area contributed by atoms with Crippen molar-refractivity contribution in [3.8, 4) is 11.1 Å². The third-order valence-corrected chi connectivity index (χ3v) is 5.06. The normalized spacial score (nSPS) is 17.1. The van der Waals surface area contributed by atoms with Crippen LogP contribution in [-0.4, -0.2) is 33.4 Å². The highest BCUT2D eigenvalue weighted by molar-refractivity contribution is 5.95. The van der Waals surface area contributed by atoms with Crippen molar-refractivity contribution in [2.45, 2.75) is 32.4 Å². The van der Waals surface area contributed by atoms with Crippen LogP contribution >= 0.6 is 0 Å². The number of aromatic nitrogens is 2. The van der Waals surface area contributed by atoms with Crippen molar-refractivity contribution in [1.29, 1.82) is 0 Å². The molecule has 5 heteroatoms. The topological polar surface area (TPSA) is 61.0 Å². The molecule has 0 aliphatic carbocycles. The van der Waals surface area contributed by atoms with Gasteiger partial charge in [-0.2, -0.15) is 0 Å². The Morgan fingerprint density at radius 3 is 2.81 bits per heavy atom. The number of benzene rings is 2. The summed E-state index contributed by atoms with van der Waals surface area (Å²) in [6.45, 7) is 3.68. The van der Waals surface area contributed by atoms with Crippen LogP contribution in [0.15, 0.2) is 60.9 Å². The summed E-state index contributed by atoms with van der Waals surface area (Å²) in [6, 6.07) is 16.3. The Bertz CT molecular complexity index is 920. The van der Waals surface area contributed by atoms with Crippen molar-refractivity contribution in [1.82, 2.24) is 14.9 Å². The van der Waals surface area contributed by atoms with Crippen LogP contribution in [0.3, 0.4) is 0 Å². The second-order valence-corrected chi connectivity index (χ2v) is 7.10. The lowest BCUT2D eigenvalue weighted by molar-refractivity contribution is -0.120. The first kappa shape index (κ1) is 17.5. The number of imidazole rings is 1. The molecule has 0 bridgehead atoms. The van der Waals surface area contributed by atoms with Gasteiger partial charge in [0.2, 0.25) is 5.91 Å². The number of rotatable bonds is 5. The number of aryl methyl sites for hydroxylation is 1. The molecule has 2 heterocycles.